The van der Waals surface area contributed by atoms with E-state index >= 15 is 0 Å². The quantitative estimate of drug-likeness (QED) is 0.392. The van der Waals surface area contributed by atoms with Crippen LogP contribution in [0.25, 0.3) is 22.5 Å². The Kier molecular flexibility index (Phi) is 6.15. The minimum absolute atomic E-state index is 0.0489. The highest BCUT2D eigenvalue weighted by Crippen LogP contribution is 2.30. The molecular formula is C25H25F3N6O2. The minimum atomic E-state index is -4.43. The van der Waals surface area contributed by atoms with E-state index in [0.717, 1.165) is 12.3 Å². The van der Waals surface area contributed by atoms with Crippen molar-refractivity contribution in [3.63, 3.8) is 0 Å². The number of carbonyl (C=O) groups is 1. The van der Waals surface area contributed by atoms with Crippen molar-refractivity contribution in [2.45, 2.75) is 32.5 Å². The largest absolute Gasteiger partial charge is 0.463 e. The number of hydrogen-bond acceptors (Lipinski definition) is 6. The molecule has 5 rings (SSSR count). The van der Waals surface area contributed by atoms with Gasteiger partial charge in [-0.25, -0.2) is 14.6 Å². The van der Waals surface area contributed by atoms with Crippen LogP contribution in [-0.4, -0.2) is 56.7 Å². The number of fused-ring (bicyclic) bond motifs is 1. The number of rotatable bonds is 4. The first-order valence-corrected chi connectivity index (χ1v) is 11.7. The summed E-state index contributed by atoms with van der Waals surface area (Å²) in [5, 5.41) is 5.12. The lowest BCUT2D eigenvalue weighted by atomic mass is 10.1. The van der Waals surface area contributed by atoms with E-state index in [1.807, 2.05) is 18.7 Å². The van der Waals surface area contributed by atoms with E-state index in [1.54, 1.807) is 40.2 Å². The summed E-state index contributed by atoms with van der Waals surface area (Å²) in [6, 6.07) is 7.75. The van der Waals surface area contributed by atoms with Gasteiger partial charge in [-0.05, 0) is 50.6 Å². The summed E-state index contributed by atoms with van der Waals surface area (Å²) in [6.07, 6.45) is 0.290. The highest BCUT2D eigenvalue weighted by Gasteiger charge is 2.31. The average molecular weight is 499 g/mol. The molecule has 1 fully saturated rings. The van der Waals surface area contributed by atoms with Crippen molar-refractivity contribution in [2.75, 3.05) is 31.1 Å². The molecule has 5 heterocycles. The van der Waals surface area contributed by atoms with E-state index in [2.05, 4.69) is 10.1 Å². The highest BCUT2D eigenvalue weighted by molar-refractivity contribution is 6.06. The number of aromatic nitrogens is 4. The lowest BCUT2D eigenvalue weighted by Crippen LogP contribution is -2.35. The minimum Gasteiger partial charge on any atom is -0.463 e. The van der Waals surface area contributed by atoms with Crippen molar-refractivity contribution >= 4 is 22.8 Å². The molecular weight excluding hydrogens is 473 g/mol. The summed E-state index contributed by atoms with van der Waals surface area (Å²) in [7, 11) is 0. The van der Waals surface area contributed by atoms with Crippen molar-refractivity contribution in [1.29, 1.82) is 0 Å². The topological polar surface area (TPSA) is 80.3 Å². The van der Waals surface area contributed by atoms with Gasteiger partial charge < -0.3 is 14.2 Å². The molecule has 0 bridgehead atoms. The maximum atomic E-state index is 13.7. The molecule has 0 N–H and O–H groups in total. The molecule has 1 aliphatic rings. The van der Waals surface area contributed by atoms with Crippen LogP contribution < -0.4 is 4.90 Å². The van der Waals surface area contributed by atoms with Gasteiger partial charge >= 0.3 is 6.18 Å². The van der Waals surface area contributed by atoms with Gasteiger partial charge in [-0.2, -0.15) is 18.3 Å². The number of carbonyl (C=O) groups excluding carboxylic acids is 1. The lowest BCUT2D eigenvalue weighted by molar-refractivity contribution is -0.137. The van der Waals surface area contributed by atoms with Crippen LogP contribution in [0.2, 0.25) is 0 Å². The predicted molar refractivity (Wildman–Crippen MR) is 128 cm³/mol. The number of halogens is 3. The maximum absolute atomic E-state index is 13.7. The normalized spacial score (nSPS) is 15.1. The van der Waals surface area contributed by atoms with Gasteiger partial charge in [-0.15, -0.1) is 0 Å². The Hall–Kier alpha value is -3.89. The van der Waals surface area contributed by atoms with Crippen molar-refractivity contribution in [3.05, 3.63) is 60.1 Å². The average Bonchev–Trinajstić information content (AvgIpc) is 3.48. The molecule has 0 aliphatic carbocycles. The van der Waals surface area contributed by atoms with Gasteiger partial charge in [-0.1, -0.05) is 0 Å². The van der Waals surface area contributed by atoms with E-state index < -0.39 is 11.7 Å². The number of alkyl halides is 3. The second-order valence-corrected chi connectivity index (χ2v) is 8.99. The van der Waals surface area contributed by atoms with Crippen molar-refractivity contribution in [1.82, 2.24) is 24.6 Å². The fourth-order valence-electron chi connectivity index (χ4n) is 4.38. The van der Waals surface area contributed by atoms with Crippen LogP contribution in [0.5, 0.6) is 0 Å². The third kappa shape index (κ3) is 4.52. The number of pyridine rings is 2. The molecule has 1 saturated heterocycles. The van der Waals surface area contributed by atoms with Crippen molar-refractivity contribution in [2.24, 2.45) is 0 Å². The van der Waals surface area contributed by atoms with Crippen molar-refractivity contribution in [3.8, 4) is 11.5 Å². The molecule has 36 heavy (non-hydrogen) atoms. The standard InChI is InChI=1S/C25H25F3N6O2/c1-16(2)34-23-19(15-30-34)18(13-20(31-23)21-5-3-12-36-21)24(35)33-9-4-8-32(10-11-33)22-7-6-17(14-29-22)25(26,27)28/h3,5-7,12-16H,4,8-11H2,1-2H3. The van der Waals surface area contributed by atoms with Gasteiger partial charge in [0.25, 0.3) is 5.91 Å². The Morgan fingerprint density at radius 1 is 1.08 bits per heavy atom. The first-order chi connectivity index (χ1) is 17.2. The molecule has 0 radical (unpaired) electrons. The zero-order chi connectivity index (χ0) is 25.4. The molecule has 0 unspecified atom stereocenters. The van der Waals surface area contributed by atoms with Gasteiger partial charge in [0.1, 0.15) is 11.5 Å². The number of amides is 1. The van der Waals surface area contributed by atoms with Crippen LogP contribution in [0.15, 0.2) is 53.4 Å². The maximum Gasteiger partial charge on any atom is 0.417 e. The number of anilines is 1. The highest BCUT2D eigenvalue weighted by atomic mass is 19.4. The Balaban J connectivity index is 1.41. The third-order valence-corrected chi connectivity index (χ3v) is 6.24. The number of hydrogen-bond donors (Lipinski definition) is 0. The number of nitrogens with zero attached hydrogens (tertiary/aromatic N) is 6. The van der Waals surface area contributed by atoms with Gasteiger partial charge in [-0.3, -0.25) is 4.79 Å². The van der Waals surface area contributed by atoms with Crippen LogP contribution in [0.3, 0.4) is 0 Å². The molecule has 0 atom stereocenters. The Labute approximate surface area is 205 Å². The summed E-state index contributed by atoms with van der Waals surface area (Å²) in [5.74, 6) is 0.862. The zero-order valence-electron chi connectivity index (χ0n) is 19.9. The molecule has 188 valence electrons. The fraction of sp³-hybridized carbons (Fsp3) is 0.360. The van der Waals surface area contributed by atoms with Gasteiger partial charge in [0.15, 0.2) is 11.4 Å². The Bertz CT molecular complexity index is 1360. The first-order valence-electron chi connectivity index (χ1n) is 11.7. The Morgan fingerprint density at radius 2 is 1.92 bits per heavy atom. The van der Waals surface area contributed by atoms with E-state index in [1.165, 1.54) is 6.07 Å². The molecule has 4 aromatic heterocycles. The number of furan rings is 1. The van der Waals surface area contributed by atoms with E-state index in [4.69, 9.17) is 9.40 Å². The molecule has 1 aliphatic heterocycles. The molecule has 11 heteroatoms. The summed E-state index contributed by atoms with van der Waals surface area (Å²) in [5.41, 5.74) is 0.851. The molecule has 4 aromatic rings. The van der Waals surface area contributed by atoms with E-state index in [0.29, 0.717) is 66.5 Å². The molecule has 0 saturated carbocycles. The second-order valence-electron chi connectivity index (χ2n) is 8.99. The third-order valence-electron chi connectivity index (χ3n) is 6.24. The van der Waals surface area contributed by atoms with E-state index in [9.17, 15) is 18.0 Å². The zero-order valence-corrected chi connectivity index (χ0v) is 19.9. The van der Waals surface area contributed by atoms with Crippen molar-refractivity contribution < 1.29 is 22.4 Å². The summed E-state index contributed by atoms with van der Waals surface area (Å²) >= 11 is 0. The van der Waals surface area contributed by atoms with E-state index in [-0.39, 0.29) is 11.9 Å². The van der Waals surface area contributed by atoms with Gasteiger partial charge in [0, 0.05) is 38.4 Å². The monoisotopic (exact) mass is 498 g/mol. The predicted octanol–water partition coefficient (Wildman–Crippen LogP) is 5.04. The molecule has 0 spiro atoms. The van der Waals surface area contributed by atoms with Gasteiger partial charge in [0.2, 0.25) is 0 Å². The van der Waals surface area contributed by atoms with Crippen LogP contribution in [0.4, 0.5) is 19.0 Å². The molecule has 0 aromatic carbocycles. The summed E-state index contributed by atoms with van der Waals surface area (Å²) in [6.45, 7) is 5.93. The fourth-order valence-corrected chi connectivity index (χ4v) is 4.38. The van der Waals surface area contributed by atoms with Crippen LogP contribution in [0, 0.1) is 0 Å². The Morgan fingerprint density at radius 3 is 2.58 bits per heavy atom. The first kappa shape index (κ1) is 23.8. The van der Waals surface area contributed by atoms with Crippen LogP contribution >= 0.6 is 0 Å². The molecule has 8 nitrogen and oxygen atoms in total. The smallest absolute Gasteiger partial charge is 0.417 e. The lowest BCUT2D eigenvalue weighted by Gasteiger charge is -2.23. The van der Waals surface area contributed by atoms with Gasteiger partial charge in [0.05, 0.1) is 29.0 Å². The van der Waals surface area contributed by atoms with Crippen LogP contribution in [-0.2, 0) is 6.18 Å². The summed E-state index contributed by atoms with van der Waals surface area (Å²) < 4.78 is 46.0. The second kappa shape index (κ2) is 9.29. The molecule has 1 amide bonds. The summed E-state index contributed by atoms with van der Waals surface area (Å²) in [4.78, 5) is 26.1. The van der Waals surface area contributed by atoms with Crippen LogP contribution in [0.1, 0.15) is 42.2 Å². The SMILES string of the molecule is CC(C)n1ncc2c(C(=O)N3CCCN(c4ccc(C(F)(F)F)cn4)CC3)cc(-c3ccco3)nc21.